The van der Waals surface area contributed by atoms with Gasteiger partial charge in [0.25, 0.3) is 0 Å². The van der Waals surface area contributed by atoms with E-state index in [9.17, 15) is 13.6 Å². The van der Waals surface area contributed by atoms with Crippen LogP contribution in [0, 0.1) is 11.6 Å². The maximum Gasteiger partial charge on any atom is 0.337 e. The van der Waals surface area contributed by atoms with E-state index in [1.807, 2.05) is 0 Å². The number of benzene rings is 1. The van der Waals surface area contributed by atoms with E-state index in [4.69, 9.17) is 9.84 Å². The molecule has 2 aromatic rings. The second-order valence-corrected chi connectivity index (χ2v) is 3.69. The molecule has 0 amide bonds. The molecule has 0 fully saturated rings. The minimum Gasteiger partial charge on any atom is -0.481 e. The summed E-state index contributed by atoms with van der Waals surface area (Å²) in [6.07, 6.45) is 1.09. The van der Waals surface area contributed by atoms with Crippen LogP contribution in [0.2, 0.25) is 0 Å². The van der Waals surface area contributed by atoms with Crippen LogP contribution in [0.1, 0.15) is 10.4 Å². The molecule has 0 bridgehead atoms. The molecule has 6 heteroatoms. The summed E-state index contributed by atoms with van der Waals surface area (Å²) in [7, 11) is 1.31. The van der Waals surface area contributed by atoms with E-state index in [1.54, 1.807) is 0 Å². The summed E-state index contributed by atoms with van der Waals surface area (Å²) in [5.41, 5.74) is -0.161. The van der Waals surface area contributed by atoms with Crippen molar-refractivity contribution >= 4 is 5.97 Å². The van der Waals surface area contributed by atoms with Crippen LogP contribution in [0.15, 0.2) is 30.5 Å². The first-order valence-electron chi connectivity index (χ1n) is 5.26. The van der Waals surface area contributed by atoms with Gasteiger partial charge < -0.3 is 9.84 Å². The summed E-state index contributed by atoms with van der Waals surface area (Å²) in [4.78, 5) is 14.7. The fourth-order valence-corrected chi connectivity index (χ4v) is 1.64. The molecule has 0 saturated carbocycles. The van der Waals surface area contributed by atoms with Gasteiger partial charge in [0.05, 0.1) is 12.7 Å². The number of hydrogen-bond acceptors (Lipinski definition) is 3. The molecule has 0 aliphatic carbocycles. The summed E-state index contributed by atoms with van der Waals surface area (Å²) in [5, 5.41) is 8.90. The molecule has 0 aliphatic heterocycles. The van der Waals surface area contributed by atoms with Crippen LogP contribution in [0.3, 0.4) is 0 Å². The Bertz CT molecular complexity index is 644. The Labute approximate surface area is 107 Å². The number of hydrogen-bond donors (Lipinski definition) is 1. The molecular formula is C13H9F2NO3. The number of methoxy groups -OCH3 is 1. The van der Waals surface area contributed by atoms with Crippen molar-refractivity contribution in [2.45, 2.75) is 0 Å². The van der Waals surface area contributed by atoms with E-state index in [-0.39, 0.29) is 22.6 Å². The second kappa shape index (κ2) is 5.01. The van der Waals surface area contributed by atoms with Crippen molar-refractivity contribution in [2.24, 2.45) is 0 Å². The Morgan fingerprint density at radius 1 is 1.32 bits per heavy atom. The molecule has 1 aromatic carbocycles. The molecule has 0 saturated heterocycles. The zero-order valence-corrected chi connectivity index (χ0v) is 9.85. The Kier molecular flexibility index (Phi) is 3.41. The summed E-state index contributed by atoms with van der Waals surface area (Å²) in [5.74, 6) is -3.30. The van der Waals surface area contributed by atoms with Gasteiger partial charge in [-0.1, -0.05) is 12.1 Å². The topological polar surface area (TPSA) is 59.4 Å². The van der Waals surface area contributed by atoms with Crippen LogP contribution in [-0.2, 0) is 0 Å². The zero-order chi connectivity index (χ0) is 14.0. The highest BCUT2D eigenvalue weighted by Gasteiger charge is 2.17. The van der Waals surface area contributed by atoms with Crippen LogP contribution in [-0.4, -0.2) is 23.2 Å². The van der Waals surface area contributed by atoms with Gasteiger partial charge in [0.15, 0.2) is 11.6 Å². The van der Waals surface area contributed by atoms with Gasteiger partial charge in [-0.15, -0.1) is 0 Å². The molecule has 0 aliphatic rings. The molecular weight excluding hydrogens is 256 g/mol. The summed E-state index contributed by atoms with van der Waals surface area (Å²) < 4.78 is 31.9. The molecule has 1 heterocycles. The number of rotatable bonds is 3. The molecule has 19 heavy (non-hydrogen) atoms. The van der Waals surface area contributed by atoms with Crippen LogP contribution in [0.4, 0.5) is 8.78 Å². The lowest BCUT2D eigenvalue weighted by Crippen LogP contribution is -2.01. The number of aromatic carboxylic acids is 1. The smallest absolute Gasteiger partial charge is 0.337 e. The van der Waals surface area contributed by atoms with E-state index in [0.29, 0.717) is 0 Å². The van der Waals surface area contributed by atoms with Gasteiger partial charge in [-0.2, -0.15) is 0 Å². The van der Waals surface area contributed by atoms with Gasteiger partial charge in [-0.05, 0) is 12.1 Å². The lowest BCUT2D eigenvalue weighted by Gasteiger charge is -2.09. The average molecular weight is 265 g/mol. The summed E-state index contributed by atoms with van der Waals surface area (Å²) in [6, 6.07) is 4.80. The van der Waals surface area contributed by atoms with Crippen molar-refractivity contribution in [3.05, 3.63) is 47.7 Å². The summed E-state index contributed by atoms with van der Waals surface area (Å²) >= 11 is 0. The van der Waals surface area contributed by atoms with Crippen LogP contribution >= 0.6 is 0 Å². The molecule has 0 atom stereocenters. The van der Waals surface area contributed by atoms with Gasteiger partial charge >= 0.3 is 5.97 Å². The van der Waals surface area contributed by atoms with Gasteiger partial charge in [-0.25, -0.2) is 18.6 Å². The van der Waals surface area contributed by atoms with Crippen molar-refractivity contribution in [2.75, 3.05) is 7.11 Å². The minimum absolute atomic E-state index is 0.0227. The SMILES string of the molecule is COc1ncc(C(=O)O)cc1-c1cccc(F)c1F. The van der Waals surface area contributed by atoms with Crippen molar-refractivity contribution in [1.29, 1.82) is 0 Å². The molecule has 4 nitrogen and oxygen atoms in total. The second-order valence-electron chi connectivity index (χ2n) is 3.69. The maximum absolute atomic E-state index is 13.7. The van der Waals surface area contributed by atoms with Crippen molar-refractivity contribution in [3.63, 3.8) is 0 Å². The molecule has 0 radical (unpaired) electrons. The van der Waals surface area contributed by atoms with Crippen LogP contribution < -0.4 is 4.74 Å². The number of aromatic nitrogens is 1. The van der Waals surface area contributed by atoms with E-state index < -0.39 is 17.6 Å². The number of carboxylic acid groups (broad SMARTS) is 1. The fraction of sp³-hybridized carbons (Fsp3) is 0.0769. The fourth-order valence-electron chi connectivity index (χ4n) is 1.64. The molecule has 1 aromatic heterocycles. The first-order chi connectivity index (χ1) is 9.04. The van der Waals surface area contributed by atoms with Gasteiger partial charge in [0.2, 0.25) is 5.88 Å². The van der Waals surface area contributed by atoms with Crippen molar-refractivity contribution in [3.8, 4) is 17.0 Å². The highest BCUT2D eigenvalue weighted by atomic mass is 19.2. The summed E-state index contributed by atoms with van der Waals surface area (Å²) in [6.45, 7) is 0. The largest absolute Gasteiger partial charge is 0.481 e. The lowest BCUT2D eigenvalue weighted by atomic mass is 10.0. The first-order valence-corrected chi connectivity index (χ1v) is 5.26. The quantitative estimate of drug-likeness (QED) is 0.927. The van der Waals surface area contributed by atoms with E-state index in [0.717, 1.165) is 12.3 Å². The number of carboxylic acids is 1. The Morgan fingerprint density at radius 3 is 2.68 bits per heavy atom. The number of nitrogens with zero attached hydrogens (tertiary/aromatic N) is 1. The number of pyridine rings is 1. The standard InChI is InChI=1S/C13H9F2NO3/c1-19-12-9(5-7(6-16-12)13(17)18)8-3-2-4-10(14)11(8)15/h2-6H,1H3,(H,17,18). The minimum atomic E-state index is -1.21. The van der Waals surface area contributed by atoms with Crippen LogP contribution in [0.5, 0.6) is 5.88 Å². The molecule has 2 rings (SSSR count). The van der Waals surface area contributed by atoms with E-state index >= 15 is 0 Å². The Balaban J connectivity index is 2.68. The van der Waals surface area contributed by atoms with Gasteiger partial charge in [0, 0.05) is 17.3 Å². The van der Waals surface area contributed by atoms with E-state index in [2.05, 4.69) is 4.98 Å². The monoisotopic (exact) mass is 265 g/mol. The van der Waals surface area contributed by atoms with Crippen molar-refractivity contribution < 1.29 is 23.4 Å². The molecule has 0 unspecified atom stereocenters. The van der Waals surface area contributed by atoms with Gasteiger partial charge in [0.1, 0.15) is 0 Å². The third-order valence-corrected chi connectivity index (χ3v) is 2.53. The third-order valence-electron chi connectivity index (χ3n) is 2.53. The normalized spacial score (nSPS) is 10.3. The molecule has 1 N–H and O–H groups in total. The Morgan fingerprint density at radius 2 is 2.05 bits per heavy atom. The highest BCUT2D eigenvalue weighted by molar-refractivity contribution is 5.89. The Hall–Kier alpha value is -2.50. The predicted molar refractivity (Wildman–Crippen MR) is 63.1 cm³/mol. The molecule has 0 spiro atoms. The lowest BCUT2D eigenvalue weighted by molar-refractivity contribution is 0.0696. The number of halogens is 2. The maximum atomic E-state index is 13.7. The number of carbonyl (C=O) groups is 1. The van der Waals surface area contributed by atoms with Crippen molar-refractivity contribution in [1.82, 2.24) is 4.98 Å². The highest BCUT2D eigenvalue weighted by Crippen LogP contribution is 2.31. The van der Waals surface area contributed by atoms with Crippen LogP contribution in [0.25, 0.3) is 11.1 Å². The predicted octanol–water partition coefficient (Wildman–Crippen LogP) is 2.73. The zero-order valence-electron chi connectivity index (χ0n) is 9.85. The third kappa shape index (κ3) is 2.37. The van der Waals surface area contributed by atoms with E-state index in [1.165, 1.54) is 25.3 Å². The van der Waals surface area contributed by atoms with Gasteiger partial charge in [-0.3, -0.25) is 0 Å². The first kappa shape index (κ1) is 12.9. The molecule has 98 valence electrons. The average Bonchev–Trinajstić information content (AvgIpc) is 2.41. The number of ether oxygens (including phenoxy) is 1.